The Bertz CT molecular complexity index is 511. The lowest BCUT2D eigenvalue weighted by molar-refractivity contribution is -0.131. The molecule has 0 radical (unpaired) electrons. The number of carboxylic acid groups (broad SMARTS) is 1. The van der Waals surface area contributed by atoms with Crippen LogP contribution in [0.5, 0.6) is 0 Å². The molecule has 0 unspecified atom stereocenters. The van der Waals surface area contributed by atoms with E-state index in [1.54, 1.807) is 12.2 Å². The van der Waals surface area contributed by atoms with Crippen molar-refractivity contribution in [2.24, 2.45) is 17.8 Å². The van der Waals surface area contributed by atoms with Crippen LogP contribution in [-0.4, -0.2) is 39.3 Å². The molecule has 0 amide bonds. The molecule has 1 aliphatic rings. The zero-order valence-electron chi connectivity index (χ0n) is 16.7. The van der Waals surface area contributed by atoms with Crippen molar-refractivity contribution in [3.05, 3.63) is 24.3 Å². The summed E-state index contributed by atoms with van der Waals surface area (Å²) >= 11 is 0. The van der Waals surface area contributed by atoms with Gasteiger partial charge in [-0.15, -0.1) is 0 Å². The maximum absolute atomic E-state index is 12.2. The molecule has 0 bridgehead atoms. The molecule has 0 aromatic carbocycles. The molecule has 1 saturated carbocycles. The van der Waals surface area contributed by atoms with E-state index in [0.717, 1.165) is 38.2 Å². The molecular weight excluding hydrogens is 344 g/mol. The molecule has 5 atom stereocenters. The third-order valence-corrected chi connectivity index (χ3v) is 5.38. The van der Waals surface area contributed by atoms with Crippen LogP contribution < -0.4 is 0 Å². The molecule has 0 aromatic rings. The van der Waals surface area contributed by atoms with Gasteiger partial charge in [0.05, 0.1) is 12.2 Å². The summed E-state index contributed by atoms with van der Waals surface area (Å²) in [6, 6.07) is 0. The van der Waals surface area contributed by atoms with E-state index >= 15 is 0 Å². The molecule has 0 saturated heterocycles. The first-order valence-corrected chi connectivity index (χ1v) is 10.3. The number of carboxylic acids is 1. The number of Topliss-reactive ketones (excluding diaryl/α,β-unsaturated/α-hetero) is 1. The van der Waals surface area contributed by atoms with Crippen molar-refractivity contribution >= 4 is 11.8 Å². The summed E-state index contributed by atoms with van der Waals surface area (Å²) in [5.41, 5.74) is 0. The van der Waals surface area contributed by atoms with Crippen molar-refractivity contribution in [3.8, 4) is 0 Å². The van der Waals surface area contributed by atoms with E-state index in [0.29, 0.717) is 25.2 Å². The summed E-state index contributed by atoms with van der Waals surface area (Å²) in [6.45, 7) is 4.30. The van der Waals surface area contributed by atoms with E-state index < -0.39 is 18.2 Å². The van der Waals surface area contributed by atoms with E-state index in [4.69, 9.17) is 5.11 Å². The van der Waals surface area contributed by atoms with E-state index in [-0.39, 0.29) is 24.0 Å². The lowest BCUT2D eigenvalue weighted by Crippen LogP contribution is -2.19. The lowest BCUT2D eigenvalue weighted by Gasteiger charge is -2.18. The Morgan fingerprint density at radius 1 is 1.30 bits per heavy atom. The molecule has 0 spiro atoms. The molecule has 5 nitrogen and oxygen atoms in total. The number of rotatable bonds is 13. The molecule has 154 valence electrons. The van der Waals surface area contributed by atoms with Crippen LogP contribution in [0.3, 0.4) is 0 Å². The van der Waals surface area contributed by atoms with E-state index in [9.17, 15) is 19.8 Å². The molecule has 1 fully saturated rings. The number of unbranched alkanes of at least 4 members (excludes halogenated alkanes) is 3. The van der Waals surface area contributed by atoms with E-state index in [2.05, 4.69) is 13.8 Å². The van der Waals surface area contributed by atoms with Gasteiger partial charge in [0.15, 0.2) is 0 Å². The number of aliphatic carboxylic acids is 1. The van der Waals surface area contributed by atoms with Crippen LogP contribution in [-0.2, 0) is 9.59 Å². The van der Waals surface area contributed by atoms with Gasteiger partial charge in [-0.05, 0) is 31.6 Å². The van der Waals surface area contributed by atoms with Gasteiger partial charge in [-0.1, -0.05) is 57.8 Å². The highest BCUT2D eigenvalue weighted by Gasteiger charge is 2.39. The summed E-state index contributed by atoms with van der Waals surface area (Å²) in [6.07, 6.45) is 12.4. The second-order valence-electron chi connectivity index (χ2n) is 7.88. The van der Waals surface area contributed by atoms with Crippen LogP contribution in [0, 0.1) is 17.8 Å². The van der Waals surface area contributed by atoms with E-state index in [1.165, 1.54) is 0 Å². The van der Waals surface area contributed by atoms with Crippen LogP contribution >= 0.6 is 0 Å². The predicted molar refractivity (Wildman–Crippen MR) is 106 cm³/mol. The monoisotopic (exact) mass is 380 g/mol. The average molecular weight is 381 g/mol. The fraction of sp³-hybridized carbons (Fsp3) is 0.727. The number of hydrogen-bond acceptors (Lipinski definition) is 4. The van der Waals surface area contributed by atoms with Gasteiger partial charge in [0.25, 0.3) is 0 Å². The topological polar surface area (TPSA) is 94.8 Å². The number of allylic oxidation sites excluding steroid dienone is 1. The maximum atomic E-state index is 12.2. The number of carbonyl (C=O) groups excluding carboxylic acids is 1. The first-order chi connectivity index (χ1) is 12.8. The van der Waals surface area contributed by atoms with Crippen molar-refractivity contribution < 1.29 is 24.9 Å². The van der Waals surface area contributed by atoms with Crippen molar-refractivity contribution in [2.75, 3.05) is 0 Å². The van der Waals surface area contributed by atoms with Crippen molar-refractivity contribution in [3.63, 3.8) is 0 Å². The van der Waals surface area contributed by atoms with Crippen LogP contribution in [0.25, 0.3) is 0 Å². The quantitative estimate of drug-likeness (QED) is 0.256. The smallest absolute Gasteiger partial charge is 0.327 e. The van der Waals surface area contributed by atoms with Gasteiger partial charge in [0, 0.05) is 24.3 Å². The van der Waals surface area contributed by atoms with Gasteiger partial charge < -0.3 is 15.3 Å². The highest BCUT2D eigenvalue weighted by atomic mass is 16.4. The number of aliphatic hydroxyl groups is 2. The highest BCUT2D eigenvalue weighted by Crippen LogP contribution is 2.34. The second kappa shape index (κ2) is 12.8. The van der Waals surface area contributed by atoms with Gasteiger partial charge in [-0.3, -0.25) is 4.79 Å². The molecule has 5 heteroatoms. The number of ketones is 1. The Morgan fingerprint density at radius 2 is 2.04 bits per heavy atom. The van der Waals surface area contributed by atoms with Crippen molar-refractivity contribution in [1.29, 1.82) is 0 Å². The Morgan fingerprint density at radius 3 is 2.70 bits per heavy atom. The van der Waals surface area contributed by atoms with Gasteiger partial charge in [-0.2, -0.15) is 0 Å². The van der Waals surface area contributed by atoms with Crippen molar-refractivity contribution in [2.45, 2.75) is 83.8 Å². The number of carbonyl (C=O) groups is 2. The molecule has 0 aromatic heterocycles. The highest BCUT2D eigenvalue weighted by molar-refractivity contribution is 5.84. The molecule has 27 heavy (non-hydrogen) atoms. The fourth-order valence-electron chi connectivity index (χ4n) is 3.82. The Hall–Kier alpha value is -1.46. The third-order valence-electron chi connectivity index (χ3n) is 5.38. The SMILES string of the molecule is CCCC[C@H](C)C[C@H](O)/C=C/[C@H]1[C@H](O)CC(=O)[C@@H]1CCCC/C=C/C(=O)O. The largest absolute Gasteiger partial charge is 0.478 e. The number of hydrogen-bond donors (Lipinski definition) is 3. The van der Waals surface area contributed by atoms with Crippen molar-refractivity contribution in [1.82, 2.24) is 0 Å². The third kappa shape index (κ3) is 9.34. The predicted octanol–water partition coefficient (Wildman–Crippen LogP) is 3.89. The molecular formula is C22H36O5. The molecule has 1 rings (SSSR count). The Labute approximate surface area is 163 Å². The second-order valence-corrected chi connectivity index (χ2v) is 7.88. The minimum absolute atomic E-state index is 0.0871. The maximum Gasteiger partial charge on any atom is 0.327 e. The molecule has 0 heterocycles. The van der Waals surface area contributed by atoms with Gasteiger partial charge in [0.2, 0.25) is 0 Å². The molecule has 3 N–H and O–H groups in total. The number of aliphatic hydroxyl groups excluding tert-OH is 2. The van der Waals surface area contributed by atoms with Gasteiger partial charge >= 0.3 is 5.97 Å². The lowest BCUT2D eigenvalue weighted by atomic mass is 9.88. The fourth-order valence-corrected chi connectivity index (χ4v) is 3.82. The summed E-state index contributed by atoms with van der Waals surface area (Å²) in [5.74, 6) is -0.840. The summed E-state index contributed by atoms with van der Waals surface area (Å²) in [5, 5.41) is 29.0. The summed E-state index contributed by atoms with van der Waals surface area (Å²) in [7, 11) is 0. The van der Waals surface area contributed by atoms with E-state index in [1.807, 2.05) is 6.08 Å². The van der Waals surface area contributed by atoms with Crippen LogP contribution in [0.2, 0.25) is 0 Å². The van der Waals surface area contributed by atoms with Gasteiger partial charge in [-0.25, -0.2) is 4.79 Å². The molecule has 0 aliphatic heterocycles. The first-order valence-electron chi connectivity index (χ1n) is 10.3. The molecule has 1 aliphatic carbocycles. The zero-order chi connectivity index (χ0) is 20.2. The Balaban J connectivity index is 2.47. The minimum atomic E-state index is -0.947. The first kappa shape index (κ1) is 23.6. The zero-order valence-corrected chi connectivity index (χ0v) is 16.7. The van der Waals surface area contributed by atoms with Crippen LogP contribution in [0.15, 0.2) is 24.3 Å². The average Bonchev–Trinajstić information content (AvgIpc) is 2.87. The summed E-state index contributed by atoms with van der Waals surface area (Å²) in [4.78, 5) is 22.6. The van der Waals surface area contributed by atoms with Gasteiger partial charge in [0.1, 0.15) is 5.78 Å². The standard InChI is InChI=1S/C22H36O5/c1-3-4-9-16(2)14-17(23)12-13-19-18(20(24)15-21(19)25)10-7-5-6-8-11-22(26)27/h8,11-13,16-19,21,23,25H,3-7,9-10,14-15H2,1-2H3,(H,26,27)/b11-8+,13-12+/t16-,17+,18+,19+,21+/m0/s1. The Kier molecular flexibility index (Phi) is 11.2. The minimum Gasteiger partial charge on any atom is -0.478 e. The normalized spacial score (nSPS) is 25.5. The van der Waals surface area contributed by atoms with Crippen LogP contribution in [0.4, 0.5) is 0 Å². The van der Waals surface area contributed by atoms with Crippen LogP contribution in [0.1, 0.15) is 71.6 Å². The summed E-state index contributed by atoms with van der Waals surface area (Å²) < 4.78 is 0.